The number of methoxy groups -OCH3 is 1. The van der Waals surface area contributed by atoms with Gasteiger partial charge in [0.05, 0.1) is 13.7 Å². The lowest BCUT2D eigenvalue weighted by Crippen LogP contribution is -2.48. The molecule has 0 radical (unpaired) electrons. The summed E-state index contributed by atoms with van der Waals surface area (Å²) >= 11 is 0. The van der Waals surface area contributed by atoms with Crippen LogP contribution in [-0.4, -0.2) is 38.9 Å². The zero-order valence-corrected chi connectivity index (χ0v) is 21.0. The van der Waals surface area contributed by atoms with Crippen LogP contribution < -0.4 is 15.4 Å². The minimum Gasteiger partial charge on any atom is -0.497 e. The Morgan fingerprint density at radius 3 is 2.70 bits per heavy atom. The Morgan fingerprint density at radius 2 is 1.91 bits per heavy atom. The van der Waals surface area contributed by atoms with Gasteiger partial charge >= 0.3 is 6.09 Å². The van der Waals surface area contributed by atoms with Crippen molar-refractivity contribution in [1.82, 2.24) is 10.6 Å². The van der Waals surface area contributed by atoms with Gasteiger partial charge in [-0.2, -0.15) is 0 Å². The van der Waals surface area contributed by atoms with Gasteiger partial charge in [0.1, 0.15) is 5.75 Å². The summed E-state index contributed by atoms with van der Waals surface area (Å²) in [5, 5.41) is 6.78. The number of nitrogens with one attached hydrogen (secondary N) is 2. The van der Waals surface area contributed by atoms with E-state index in [1.54, 1.807) is 12.7 Å². The Bertz CT molecular complexity index is 797. The van der Waals surface area contributed by atoms with Gasteiger partial charge in [0.2, 0.25) is 0 Å². The van der Waals surface area contributed by atoms with Crippen LogP contribution in [0.5, 0.6) is 5.75 Å². The largest absolute Gasteiger partial charge is 0.497 e. The minimum atomic E-state index is -0.293. The molecule has 0 aromatic heterocycles. The Labute approximate surface area is 200 Å². The van der Waals surface area contributed by atoms with Crippen LogP contribution in [0.15, 0.2) is 18.2 Å². The Balaban J connectivity index is 1.22. The van der Waals surface area contributed by atoms with Crippen molar-refractivity contribution in [3.63, 3.8) is 0 Å². The summed E-state index contributed by atoms with van der Waals surface area (Å²) < 4.78 is 10.4. The quantitative estimate of drug-likeness (QED) is 0.436. The van der Waals surface area contributed by atoms with Crippen LogP contribution in [0.2, 0.25) is 0 Å². The lowest BCUT2D eigenvalue weighted by Gasteiger charge is -2.51. The molecule has 0 aliphatic heterocycles. The van der Waals surface area contributed by atoms with Crippen LogP contribution in [0.3, 0.4) is 0 Å². The maximum absolute atomic E-state index is 11.3. The van der Waals surface area contributed by atoms with Crippen LogP contribution in [0.25, 0.3) is 0 Å². The SMILES string of the molecule is CCOC(=O)NCCCCCCN[C@H]1CC[C@H]2[C@@H]3CCc4cc(OC)ccc4[C@H]3CC[C@]12C. The highest BCUT2D eigenvalue weighted by atomic mass is 16.5. The summed E-state index contributed by atoms with van der Waals surface area (Å²) in [5.41, 5.74) is 3.60. The molecule has 5 heteroatoms. The maximum Gasteiger partial charge on any atom is 0.407 e. The van der Waals surface area contributed by atoms with E-state index < -0.39 is 0 Å². The molecule has 0 saturated heterocycles. The number of aryl methyl sites for hydroxylation is 1. The van der Waals surface area contributed by atoms with Crippen LogP contribution in [0.4, 0.5) is 4.79 Å². The number of hydrogen-bond acceptors (Lipinski definition) is 4. The van der Waals surface area contributed by atoms with Crippen molar-refractivity contribution in [3.05, 3.63) is 29.3 Å². The highest BCUT2D eigenvalue weighted by molar-refractivity contribution is 5.66. The third-order valence-electron chi connectivity index (χ3n) is 8.97. The molecule has 2 fully saturated rings. The molecule has 33 heavy (non-hydrogen) atoms. The van der Waals surface area contributed by atoms with Gasteiger partial charge in [-0.25, -0.2) is 4.79 Å². The van der Waals surface area contributed by atoms with E-state index in [0.717, 1.165) is 42.9 Å². The maximum atomic E-state index is 11.3. The number of rotatable bonds is 10. The number of benzene rings is 1. The first-order valence-electron chi connectivity index (χ1n) is 13.4. The average Bonchev–Trinajstić information content (AvgIpc) is 3.16. The van der Waals surface area contributed by atoms with Crippen molar-refractivity contribution in [2.45, 2.75) is 90.0 Å². The van der Waals surface area contributed by atoms with Gasteiger partial charge < -0.3 is 20.1 Å². The Kier molecular flexibility index (Phi) is 8.21. The second-order valence-electron chi connectivity index (χ2n) is 10.7. The predicted molar refractivity (Wildman–Crippen MR) is 133 cm³/mol. The van der Waals surface area contributed by atoms with E-state index in [0.29, 0.717) is 24.6 Å². The lowest BCUT2D eigenvalue weighted by molar-refractivity contribution is 0.0412. The van der Waals surface area contributed by atoms with Gasteiger partial charge in [-0.3, -0.25) is 0 Å². The summed E-state index contributed by atoms with van der Waals surface area (Å²) in [5.74, 6) is 3.47. The van der Waals surface area contributed by atoms with E-state index in [1.807, 2.05) is 6.92 Å². The molecule has 5 atom stereocenters. The zero-order chi connectivity index (χ0) is 23.3. The third kappa shape index (κ3) is 5.34. The number of ether oxygens (including phenoxy) is 2. The second kappa shape index (κ2) is 11.1. The first kappa shape index (κ1) is 24.4. The molecule has 1 amide bonds. The normalized spacial score (nSPS) is 30.2. The molecule has 0 spiro atoms. The minimum absolute atomic E-state index is 0.293. The van der Waals surface area contributed by atoms with Gasteiger partial charge in [0.25, 0.3) is 0 Å². The monoisotopic (exact) mass is 456 g/mol. The highest BCUT2D eigenvalue weighted by Gasteiger charge is 2.54. The Hall–Kier alpha value is -1.75. The summed E-state index contributed by atoms with van der Waals surface area (Å²) in [4.78, 5) is 11.3. The molecule has 2 N–H and O–H groups in total. The molecular formula is C28H44N2O3. The molecule has 1 aromatic carbocycles. The van der Waals surface area contributed by atoms with Crippen molar-refractivity contribution in [2.75, 3.05) is 26.8 Å². The summed E-state index contributed by atoms with van der Waals surface area (Å²) in [6.07, 6.45) is 12.3. The number of hydrogen-bond donors (Lipinski definition) is 2. The van der Waals surface area contributed by atoms with Gasteiger partial charge in [0, 0.05) is 12.6 Å². The fourth-order valence-corrected chi connectivity index (χ4v) is 7.27. The average molecular weight is 457 g/mol. The smallest absolute Gasteiger partial charge is 0.407 e. The fourth-order valence-electron chi connectivity index (χ4n) is 7.27. The molecule has 0 bridgehead atoms. The molecule has 5 nitrogen and oxygen atoms in total. The Morgan fingerprint density at radius 1 is 1.09 bits per heavy atom. The van der Waals surface area contributed by atoms with E-state index in [4.69, 9.17) is 9.47 Å². The van der Waals surface area contributed by atoms with Crippen LogP contribution in [0.1, 0.15) is 88.7 Å². The molecule has 2 saturated carbocycles. The van der Waals surface area contributed by atoms with Crippen molar-refractivity contribution in [1.29, 1.82) is 0 Å². The van der Waals surface area contributed by atoms with E-state index in [9.17, 15) is 4.79 Å². The van der Waals surface area contributed by atoms with Crippen LogP contribution >= 0.6 is 0 Å². The van der Waals surface area contributed by atoms with E-state index in [2.05, 4.69) is 35.8 Å². The third-order valence-corrected chi connectivity index (χ3v) is 8.97. The molecule has 3 aliphatic rings. The summed E-state index contributed by atoms with van der Waals surface area (Å²) in [6.45, 7) is 6.69. The fraction of sp³-hybridized carbons (Fsp3) is 0.750. The van der Waals surface area contributed by atoms with E-state index in [1.165, 1.54) is 56.9 Å². The van der Waals surface area contributed by atoms with Gasteiger partial charge in [-0.1, -0.05) is 25.8 Å². The first-order valence-corrected chi connectivity index (χ1v) is 13.4. The van der Waals surface area contributed by atoms with Gasteiger partial charge in [0.15, 0.2) is 0 Å². The van der Waals surface area contributed by atoms with Gasteiger partial charge in [-0.05, 0) is 111 Å². The zero-order valence-electron chi connectivity index (χ0n) is 21.0. The van der Waals surface area contributed by atoms with Crippen molar-refractivity contribution in [3.8, 4) is 5.75 Å². The molecule has 184 valence electrons. The van der Waals surface area contributed by atoms with E-state index in [-0.39, 0.29) is 6.09 Å². The first-order chi connectivity index (χ1) is 16.1. The van der Waals surface area contributed by atoms with Crippen LogP contribution in [0, 0.1) is 17.3 Å². The standard InChI is InChI=1S/C28H44N2O3/c1-4-33-27(31)30-18-8-6-5-7-17-29-26-14-13-25-24-11-9-20-19-21(32-3)10-12-22(20)23(24)15-16-28(25,26)2/h10,12,19,23-26,29H,4-9,11,13-18H2,1-3H3,(H,30,31)/t23-,24-,25+,26+,28+/m1/s1. The van der Waals surface area contributed by atoms with Crippen molar-refractivity contribution < 1.29 is 14.3 Å². The molecule has 3 aliphatic carbocycles. The molecule has 1 aromatic rings. The number of carbonyl (C=O) groups excluding carboxylic acids is 1. The number of fused-ring (bicyclic) bond motifs is 5. The van der Waals surface area contributed by atoms with Gasteiger partial charge in [-0.15, -0.1) is 0 Å². The predicted octanol–water partition coefficient (Wildman–Crippen LogP) is 5.82. The number of unbranched alkanes of at least 4 members (excludes halogenated alkanes) is 3. The number of alkyl carbamates (subject to hydrolysis) is 1. The van der Waals surface area contributed by atoms with Crippen LogP contribution in [-0.2, 0) is 11.2 Å². The molecular weight excluding hydrogens is 412 g/mol. The highest BCUT2D eigenvalue weighted by Crippen LogP contribution is 2.60. The lowest BCUT2D eigenvalue weighted by atomic mass is 9.55. The summed E-state index contributed by atoms with van der Waals surface area (Å²) in [7, 11) is 1.77. The summed E-state index contributed by atoms with van der Waals surface area (Å²) in [6, 6.07) is 7.48. The second-order valence-corrected chi connectivity index (χ2v) is 10.7. The molecule has 4 rings (SSSR count). The molecule has 0 heterocycles. The van der Waals surface area contributed by atoms with Crippen molar-refractivity contribution in [2.24, 2.45) is 17.3 Å². The van der Waals surface area contributed by atoms with Crippen molar-refractivity contribution >= 4 is 6.09 Å². The number of carbonyl (C=O) groups is 1. The number of amides is 1. The molecule has 0 unspecified atom stereocenters. The topological polar surface area (TPSA) is 59.6 Å². The van der Waals surface area contributed by atoms with E-state index >= 15 is 0 Å².